The van der Waals surface area contributed by atoms with Gasteiger partial charge < -0.3 is 31.2 Å². The van der Waals surface area contributed by atoms with Crippen molar-refractivity contribution in [3.63, 3.8) is 0 Å². The van der Waals surface area contributed by atoms with E-state index in [0.29, 0.717) is 11.5 Å². The zero-order valence-corrected chi connectivity index (χ0v) is 25.6. The molecule has 0 radical (unpaired) electrons. The maximum absolute atomic E-state index is 12.0. The molecule has 8 heteroatoms. The van der Waals surface area contributed by atoms with E-state index in [4.69, 9.17) is 26.0 Å². The van der Waals surface area contributed by atoms with E-state index in [1.54, 1.807) is 12.1 Å². The van der Waals surface area contributed by atoms with Gasteiger partial charge in [0.05, 0.1) is 0 Å². The molecule has 2 aromatic carbocycles. The zero-order chi connectivity index (χ0) is 30.6. The van der Waals surface area contributed by atoms with Crippen LogP contribution in [0.5, 0.6) is 17.2 Å². The summed E-state index contributed by atoms with van der Waals surface area (Å²) in [6.07, 6.45) is 0.223. The number of nitrogens with two attached hydrogens (primary N) is 2. The molecule has 0 aliphatic heterocycles. The van der Waals surface area contributed by atoms with Gasteiger partial charge in [0.1, 0.15) is 35.9 Å². The molecule has 0 saturated carbocycles. The van der Waals surface area contributed by atoms with Gasteiger partial charge in [-0.3, -0.25) is 9.59 Å². The predicted molar refractivity (Wildman–Crippen MR) is 157 cm³/mol. The molecule has 0 amide bonds. The molecule has 0 heterocycles. The Hall–Kier alpha value is -3.10. The summed E-state index contributed by atoms with van der Waals surface area (Å²) in [6.45, 7) is 23.0. The predicted octanol–water partition coefficient (Wildman–Crippen LogP) is 6.35. The lowest BCUT2D eigenvalue weighted by Crippen LogP contribution is -2.40. The summed E-state index contributed by atoms with van der Waals surface area (Å²) >= 11 is 0. The van der Waals surface area contributed by atoms with Crippen molar-refractivity contribution in [3.8, 4) is 17.2 Å². The summed E-state index contributed by atoms with van der Waals surface area (Å²) in [5, 5.41) is 18.7. The number of rotatable bonds is 8. The minimum absolute atomic E-state index is 0.223. The number of aryl methyl sites for hydroxylation is 4. The number of carbonyl (C=O) groups excluding carboxylic acids is 1. The molecule has 2 aromatic rings. The maximum Gasteiger partial charge on any atom is 0.324 e. The number of hydrogen-bond acceptors (Lipinski definition) is 7. The van der Waals surface area contributed by atoms with E-state index < -0.39 is 30.6 Å². The summed E-state index contributed by atoms with van der Waals surface area (Å²) in [4.78, 5) is 22.7. The molecule has 218 valence electrons. The second-order valence-corrected chi connectivity index (χ2v) is 7.45. The number of phenols is 1. The molecule has 0 fully saturated rings. The molecule has 0 saturated heterocycles. The molecular formula is C30H52N2O6. The Balaban J connectivity index is -0.00000140. The van der Waals surface area contributed by atoms with Crippen LogP contribution in [-0.4, -0.2) is 40.8 Å². The number of ether oxygens (including phenoxy) is 2. The van der Waals surface area contributed by atoms with E-state index in [2.05, 4.69) is 0 Å². The fourth-order valence-corrected chi connectivity index (χ4v) is 3.10. The van der Waals surface area contributed by atoms with Crippen molar-refractivity contribution < 1.29 is 29.3 Å². The average molecular weight is 537 g/mol. The highest BCUT2D eigenvalue weighted by molar-refractivity contribution is 5.77. The number of carboxylic acid groups (broad SMARTS) is 1. The van der Waals surface area contributed by atoms with Gasteiger partial charge in [0.2, 0.25) is 0 Å². The Morgan fingerprint density at radius 3 is 1.58 bits per heavy atom. The second kappa shape index (κ2) is 21.9. The lowest BCUT2D eigenvalue weighted by molar-refractivity contribution is -0.149. The number of carbonyl (C=O) groups is 2. The Morgan fingerprint density at radius 1 is 0.763 bits per heavy atom. The summed E-state index contributed by atoms with van der Waals surface area (Å²) in [6, 6.07) is 5.05. The molecule has 0 aliphatic rings. The molecule has 2 unspecified atom stereocenters. The van der Waals surface area contributed by atoms with Gasteiger partial charge in [-0.25, -0.2) is 0 Å². The first kappa shape index (κ1) is 39.4. The quantitative estimate of drug-likeness (QED) is 0.286. The van der Waals surface area contributed by atoms with Crippen LogP contribution in [0.1, 0.15) is 83.2 Å². The van der Waals surface area contributed by atoms with E-state index in [9.17, 15) is 14.7 Å². The number of carboxylic acids is 1. The fraction of sp³-hybridized carbons (Fsp3) is 0.533. The minimum atomic E-state index is -1.28. The summed E-state index contributed by atoms with van der Waals surface area (Å²) < 4.78 is 10.9. The number of aliphatic carboxylic acids is 1. The zero-order valence-electron chi connectivity index (χ0n) is 25.6. The molecule has 6 N–H and O–H groups in total. The fourth-order valence-electron chi connectivity index (χ4n) is 3.10. The third kappa shape index (κ3) is 13.4. The van der Waals surface area contributed by atoms with Crippen LogP contribution in [0.25, 0.3) is 0 Å². The highest BCUT2D eigenvalue weighted by atomic mass is 16.5. The van der Waals surface area contributed by atoms with Gasteiger partial charge in [0.25, 0.3) is 0 Å². The van der Waals surface area contributed by atoms with Crippen LogP contribution in [0, 0.1) is 27.7 Å². The van der Waals surface area contributed by atoms with Gasteiger partial charge in [0, 0.05) is 0 Å². The average Bonchev–Trinajstić information content (AvgIpc) is 2.92. The lowest BCUT2D eigenvalue weighted by Gasteiger charge is -2.17. The lowest BCUT2D eigenvalue weighted by atomic mass is 10.0. The first-order valence-corrected chi connectivity index (χ1v) is 13.5. The molecular weight excluding hydrogens is 484 g/mol. The van der Waals surface area contributed by atoms with Crippen LogP contribution in [0.15, 0.2) is 24.3 Å². The maximum atomic E-state index is 12.0. The van der Waals surface area contributed by atoms with Crippen LogP contribution in [-0.2, 0) is 20.7 Å². The molecule has 8 nitrogen and oxygen atoms in total. The highest BCUT2D eigenvalue weighted by Gasteiger charge is 2.20. The minimum Gasteiger partial charge on any atom is -0.507 e. The molecule has 0 aromatic heterocycles. The van der Waals surface area contributed by atoms with Crippen LogP contribution in [0.4, 0.5) is 0 Å². The summed E-state index contributed by atoms with van der Waals surface area (Å²) in [7, 11) is 0. The van der Waals surface area contributed by atoms with Gasteiger partial charge in [-0.15, -0.1) is 0 Å². The van der Waals surface area contributed by atoms with Crippen LogP contribution in [0.3, 0.4) is 0 Å². The van der Waals surface area contributed by atoms with Crippen molar-refractivity contribution in [2.24, 2.45) is 11.5 Å². The second-order valence-electron chi connectivity index (χ2n) is 7.45. The van der Waals surface area contributed by atoms with Gasteiger partial charge in [0.15, 0.2) is 0 Å². The van der Waals surface area contributed by atoms with Crippen molar-refractivity contribution in [1.82, 2.24) is 0 Å². The first-order chi connectivity index (χ1) is 18.0. The molecule has 0 aliphatic carbocycles. The first-order valence-electron chi connectivity index (χ1n) is 13.5. The van der Waals surface area contributed by atoms with Crippen LogP contribution in [0.2, 0.25) is 0 Å². The van der Waals surface area contributed by atoms with Gasteiger partial charge in [-0.05, 0) is 74.1 Å². The number of aromatic hydroxyl groups is 1. The summed E-state index contributed by atoms with van der Waals surface area (Å²) in [5.74, 6) is -0.408. The van der Waals surface area contributed by atoms with Gasteiger partial charge in [-0.1, -0.05) is 67.5 Å². The number of hydrogen-bond donors (Lipinski definition) is 4. The molecule has 2 atom stereocenters. The Bertz CT molecular complexity index is 914. The Labute approximate surface area is 230 Å². The molecule has 0 spiro atoms. The van der Waals surface area contributed by atoms with Gasteiger partial charge in [-0.2, -0.15) is 0 Å². The highest BCUT2D eigenvalue weighted by Crippen LogP contribution is 2.34. The van der Waals surface area contributed by atoms with Crippen LogP contribution >= 0.6 is 0 Å². The molecule has 2 rings (SSSR count). The van der Waals surface area contributed by atoms with Crippen molar-refractivity contribution in [3.05, 3.63) is 52.1 Å². The van der Waals surface area contributed by atoms with Crippen molar-refractivity contribution in [2.75, 3.05) is 6.61 Å². The molecule has 0 bridgehead atoms. The van der Waals surface area contributed by atoms with Crippen molar-refractivity contribution >= 4 is 11.9 Å². The van der Waals surface area contributed by atoms with E-state index in [-0.39, 0.29) is 12.2 Å². The third-order valence-electron chi connectivity index (χ3n) is 4.69. The van der Waals surface area contributed by atoms with Crippen LogP contribution < -0.4 is 16.2 Å². The third-order valence-corrected chi connectivity index (χ3v) is 4.69. The normalized spacial score (nSPS) is 10.8. The largest absolute Gasteiger partial charge is 0.507 e. The standard InChI is InChI=1S/C22H28N2O6.4C2H6/c1-11-7-16(8-12(2)19(11)25)30-20-13(3)5-15(6-14(20)4)9-17(23)22(28)29-10-18(24)21(26)27;4*1-2/h5-8,17-18,25H,9-10,23-24H2,1-4H3,(H,26,27);4*1-2H3. The monoisotopic (exact) mass is 536 g/mol. The van der Waals surface area contributed by atoms with Crippen molar-refractivity contribution in [2.45, 2.75) is 102 Å². The van der Waals surface area contributed by atoms with Gasteiger partial charge >= 0.3 is 11.9 Å². The van der Waals surface area contributed by atoms with E-state index >= 15 is 0 Å². The summed E-state index contributed by atoms with van der Waals surface area (Å²) in [5.41, 5.74) is 15.2. The van der Waals surface area contributed by atoms with E-state index in [0.717, 1.165) is 27.8 Å². The van der Waals surface area contributed by atoms with Crippen molar-refractivity contribution in [1.29, 1.82) is 0 Å². The Morgan fingerprint density at radius 2 is 1.18 bits per heavy atom. The van der Waals surface area contributed by atoms with E-state index in [1.165, 1.54) is 0 Å². The smallest absolute Gasteiger partial charge is 0.324 e. The number of phenolic OH excluding ortho intramolecular Hbond substituents is 1. The Kier molecular flexibility index (Phi) is 22.8. The van der Waals surface area contributed by atoms with E-state index in [1.807, 2.05) is 95.2 Å². The number of benzene rings is 2. The number of esters is 1. The molecule has 38 heavy (non-hydrogen) atoms. The SMILES string of the molecule is CC.CC.CC.CC.Cc1cc(Oc2c(C)cc(CC(N)C(=O)OCC(N)C(=O)O)cc2C)cc(C)c1O. The topological polar surface area (TPSA) is 145 Å².